The van der Waals surface area contributed by atoms with Gasteiger partial charge in [0.25, 0.3) is 0 Å². The first-order valence-corrected chi connectivity index (χ1v) is 8.09. The summed E-state index contributed by atoms with van der Waals surface area (Å²) in [6.45, 7) is 6.85. The molecule has 4 heteroatoms. The quantitative estimate of drug-likeness (QED) is 0.882. The molecule has 1 aromatic heterocycles. The highest BCUT2D eigenvalue weighted by Gasteiger charge is 2.19. The Morgan fingerprint density at radius 2 is 2.05 bits per heavy atom. The van der Waals surface area contributed by atoms with Crippen LogP contribution >= 0.6 is 0 Å². The Hall–Kier alpha value is -1.13. The molecule has 0 aliphatic rings. The second-order valence-electron chi connectivity index (χ2n) is 4.89. The maximum Gasteiger partial charge on any atom is 0.134 e. The molecule has 104 valence electrons. The molecule has 0 radical (unpaired) electrons. The molecule has 2 aromatic rings. The molecular weight excluding hydrogens is 258 g/mol. The molecule has 0 aliphatic carbocycles. The zero-order valence-corrected chi connectivity index (χ0v) is 12.5. The number of benzene rings is 1. The van der Waals surface area contributed by atoms with E-state index in [1.165, 1.54) is 0 Å². The molecule has 3 nitrogen and oxygen atoms in total. The van der Waals surface area contributed by atoms with Crippen LogP contribution in [0.15, 0.2) is 34.7 Å². The number of rotatable bonds is 6. The van der Waals surface area contributed by atoms with Crippen molar-refractivity contribution in [1.29, 1.82) is 0 Å². The van der Waals surface area contributed by atoms with E-state index in [-0.39, 0.29) is 11.3 Å². The third-order valence-electron chi connectivity index (χ3n) is 3.10. The molecular formula is C15H21NO2S. The van der Waals surface area contributed by atoms with Crippen molar-refractivity contribution in [3.8, 4) is 0 Å². The van der Waals surface area contributed by atoms with Gasteiger partial charge in [0.2, 0.25) is 0 Å². The minimum atomic E-state index is -0.848. The molecule has 0 spiro atoms. The molecule has 1 aromatic carbocycles. The van der Waals surface area contributed by atoms with Crippen molar-refractivity contribution in [2.75, 3.05) is 12.3 Å². The summed E-state index contributed by atoms with van der Waals surface area (Å²) in [7, 11) is -0.848. The van der Waals surface area contributed by atoms with E-state index >= 15 is 0 Å². The average Bonchev–Trinajstić information content (AvgIpc) is 2.81. The Bertz CT molecular complexity index is 529. The minimum Gasteiger partial charge on any atom is -0.459 e. The molecule has 2 unspecified atom stereocenters. The monoisotopic (exact) mass is 279 g/mol. The molecule has 1 heterocycles. The standard InChI is InChI=1S/C15H21NO2S/c1-4-16-13(10-19(17)11(2)3)15-9-12-7-5-6-8-14(12)18-15/h5-9,11,13,16H,4,10H2,1-3H3. The lowest BCUT2D eigenvalue weighted by Crippen LogP contribution is -2.27. The van der Waals surface area contributed by atoms with Crippen molar-refractivity contribution in [3.05, 3.63) is 36.1 Å². The van der Waals surface area contributed by atoms with Crippen LogP contribution in [0.2, 0.25) is 0 Å². The molecule has 0 bridgehead atoms. The third-order valence-corrected chi connectivity index (χ3v) is 4.81. The highest BCUT2D eigenvalue weighted by atomic mass is 32.2. The van der Waals surface area contributed by atoms with Gasteiger partial charge in [0.1, 0.15) is 11.3 Å². The minimum absolute atomic E-state index is 0.0145. The Morgan fingerprint density at radius 1 is 1.32 bits per heavy atom. The van der Waals surface area contributed by atoms with Gasteiger partial charge in [0, 0.05) is 27.2 Å². The first-order chi connectivity index (χ1) is 9.11. The van der Waals surface area contributed by atoms with E-state index in [4.69, 9.17) is 4.42 Å². The van der Waals surface area contributed by atoms with Gasteiger partial charge < -0.3 is 9.73 Å². The van der Waals surface area contributed by atoms with E-state index in [2.05, 4.69) is 5.32 Å². The first kappa shape index (κ1) is 14.3. The topological polar surface area (TPSA) is 42.2 Å². The van der Waals surface area contributed by atoms with Crippen LogP contribution in [0.25, 0.3) is 11.0 Å². The molecule has 0 aliphatic heterocycles. The van der Waals surface area contributed by atoms with Crippen LogP contribution in [0, 0.1) is 0 Å². The summed E-state index contributed by atoms with van der Waals surface area (Å²) >= 11 is 0. The summed E-state index contributed by atoms with van der Waals surface area (Å²) in [4.78, 5) is 0. The number of fused-ring (bicyclic) bond motifs is 1. The smallest absolute Gasteiger partial charge is 0.134 e. The van der Waals surface area contributed by atoms with Crippen LogP contribution in [0.3, 0.4) is 0 Å². The van der Waals surface area contributed by atoms with E-state index in [1.54, 1.807) is 0 Å². The summed E-state index contributed by atoms with van der Waals surface area (Å²) in [5.41, 5.74) is 0.885. The lowest BCUT2D eigenvalue weighted by molar-refractivity contribution is 0.461. The average molecular weight is 279 g/mol. The van der Waals surface area contributed by atoms with Gasteiger partial charge in [-0.2, -0.15) is 0 Å². The van der Waals surface area contributed by atoms with Gasteiger partial charge in [0.15, 0.2) is 0 Å². The van der Waals surface area contributed by atoms with Crippen molar-refractivity contribution in [2.24, 2.45) is 0 Å². The number of furan rings is 1. The summed E-state index contributed by atoms with van der Waals surface area (Å²) in [5.74, 6) is 1.46. The van der Waals surface area contributed by atoms with Gasteiger partial charge in [-0.15, -0.1) is 0 Å². The zero-order chi connectivity index (χ0) is 13.8. The largest absolute Gasteiger partial charge is 0.459 e. The van der Waals surface area contributed by atoms with E-state index in [0.29, 0.717) is 5.75 Å². The van der Waals surface area contributed by atoms with Crippen molar-refractivity contribution >= 4 is 21.8 Å². The molecule has 0 saturated heterocycles. The lowest BCUT2D eigenvalue weighted by atomic mass is 10.2. The fourth-order valence-corrected chi connectivity index (χ4v) is 3.01. The van der Waals surface area contributed by atoms with E-state index in [0.717, 1.165) is 23.3 Å². The maximum absolute atomic E-state index is 12.0. The number of para-hydroxylation sites is 1. The van der Waals surface area contributed by atoms with Gasteiger partial charge in [0.05, 0.1) is 6.04 Å². The Labute approximate surface area is 116 Å². The maximum atomic E-state index is 12.0. The van der Waals surface area contributed by atoms with Crippen molar-refractivity contribution in [3.63, 3.8) is 0 Å². The SMILES string of the molecule is CCNC(CS(=O)C(C)C)c1cc2ccccc2o1. The summed E-state index contributed by atoms with van der Waals surface area (Å²) < 4.78 is 17.9. The Balaban J connectivity index is 2.24. The molecule has 19 heavy (non-hydrogen) atoms. The fourth-order valence-electron chi connectivity index (χ4n) is 2.02. The summed E-state index contributed by atoms with van der Waals surface area (Å²) in [5, 5.41) is 4.62. The first-order valence-electron chi connectivity index (χ1n) is 6.70. The number of hydrogen-bond acceptors (Lipinski definition) is 3. The predicted molar refractivity (Wildman–Crippen MR) is 80.8 cm³/mol. The van der Waals surface area contributed by atoms with Gasteiger partial charge >= 0.3 is 0 Å². The van der Waals surface area contributed by atoms with Crippen molar-refractivity contribution < 1.29 is 8.63 Å². The molecule has 1 N–H and O–H groups in total. The number of hydrogen-bond donors (Lipinski definition) is 1. The summed E-state index contributed by atoms with van der Waals surface area (Å²) in [6, 6.07) is 10.0. The van der Waals surface area contributed by atoms with Crippen molar-refractivity contribution in [1.82, 2.24) is 5.32 Å². The third kappa shape index (κ3) is 3.45. The lowest BCUT2D eigenvalue weighted by Gasteiger charge is -2.16. The van der Waals surface area contributed by atoms with Crippen LogP contribution < -0.4 is 5.32 Å². The molecule has 0 amide bonds. The number of nitrogens with one attached hydrogen (secondary N) is 1. The van der Waals surface area contributed by atoms with E-state index in [9.17, 15) is 4.21 Å². The van der Waals surface area contributed by atoms with E-state index in [1.807, 2.05) is 51.1 Å². The Morgan fingerprint density at radius 3 is 2.68 bits per heavy atom. The molecule has 2 atom stereocenters. The van der Waals surface area contributed by atoms with Gasteiger partial charge in [-0.25, -0.2) is 0 Å². The van der Waals surface area contributed by atoms with Crippen LogP contribution in [0.1, 0.15) is 32.6 Å². The van der Waals surface area contributed by atoms with Gasteiger partial charge in [-0.3, -0.25) is 4.21 Å². The van der Waals surface area contributed by atoms with E-state index < -0.39 is 10.8 Å². The predicted octanol–water partition coefficient (Wildman–Crippen LogP) is 3.24. The van der Waals surface area contributed by atoms with Gasteiger partial charge in [-0.05, 0) is 18.7 Å². The van der Waals surface area contributed by atoms with Crippen LogP contribution in [-0.4, -0.2) is 21.8 Å². The van der Waals surface area contributed by atoms with Crippen molar-refractivity contribution in [2.45, 2.75) is 32.1 Å². The fraction of sp³-hybridized carbons (Fsp3) is 0.467. The molecule has 2 rings (SSSR count). The van der Waals surface area contributed by atoms with Crippen LogP contribution in [0.5, 0.6) is 0 Å². The van der Waals surface area contributed by atoms with Gasteiger partial charge in [-0.1, -0.05) is 39.0 Å². The van der Waals surface area contributed by atoms with Crippen LogP contribution in [0.4, 0.5) is 0 Å². The highest BCUT2D eigenvalue weighted by Crippen LogP contribution is 2.24. The second-order valence-corrected chi connectivity index (χ2v) is 6.93. The zero-order valence-electron chi connectivity index (χ0n) is 11.7. The van der Waals surface area contributed by atoms with Crippen LogP contribution in [-0.2, 0) is 10.8 Å². The molecule has 0 fully saturated rings. The molecule has 0 saturated carbocycles. The summed E-state index contributed by atoms with van der Waals surface area (Å²) in [6.07, 6.45) is 0. The normalized spacial score (nSPS) is 14.9. The second kappa shape index (κ2) is 6.35. The Kier molecular flexibility index (Phi) is 4.77. The highest BCUT2D eigenvalue weighted by molar-refractivity contribution is 7.85.